The number of carboxylic acid groups (broad SMARTS) is 1. The molecule has 0 fully saturated rings. The fraction of sp³-hybridized carbons (Fsp3) is 0.750. The molecule has 4 N–H and O–H groups in total. The molecule has 0 bridgehead atoms. The van der Waals surface area contributed by atoms with Crippen LogP contribution in [0.25, 0.3) is 0 Å². The molecule has 0 saturated carbocycles. The van der Waals surface area contributed by atoms with E-state index in [1.807, 2.05) is 0 Å². The first-order valence-corrected chi connectivity index (χ1v) is 6.14. The van der Waals surface area contributed by atoms with E-state index >= 15 is 0 Å². The van der Waals surface area contributed by atoms with Crippen LogP contribution in [-0.2, 0) is 19.1 Å². The molecule has 0 aliphatic rings. The molecule has 1 amide bonds. The quantitative estimate of drug-likeness (QED) is 0.357. The zero-order chi connectivity index (χ0) is 15.1. The van der Waals surface area contributed by atoms with Gasteiger partial charge in [0, 0.05) is 0 Å². The summed E-state index contributed by atoms with van der Waals surface area (Å²) in [4.78, 5) is 33.8. The Morgan fingerprint density at radius 3 is 2.26 bits per heavy atom. The number of unbranched alkanes of at least 4 members (excludes halogenated alkanes) is 1. The predicted octanol–water partition coefficient (Wildman–Crippen LogP) is 0.0265. The molecule has 0 radical (unpaired) electrons. The van der Waals surface area contributed by atoms with Gasteiger partial charge in [-0.05, 0) is 46.6 Å². The summed E-state index contributed by atoms with van der Waals surface area (Å²) in [6.45, 7) is 5.31. The summed E-state index contributed by atoms with van der Waals surface area (Å²) < 4.78 is 4.84. The second-order valence-electron chi connectivity index (χ2n) is 5.15. The van der Waals surface area contributed by atoms with Crippen molar-refractivity contribution in [3.63, 3.8) is 0 Å². The Balaban J connectivity index is 4.38. The Hall–Kier alpha value is -1.63. The van der Waals surface area contributed by atoms with Crippen LogP contribution in [0.15, 0.2) is 0 Å². The lowest BCUT2D eigenvalue weighted by molar-refractivity contribution is -0.164. The summed E-state index contributed by atoms with van der Waals surface area (Å²) in [5.41, 5.74) is 4.50. The van der Waals surface area contributed by atoms with E-state index in [0.717, 1.165) is 0 Å². The highest BCUT2D eigenvalue weighted by atomic mass is 16.6. The van der Waals surface area contributed by atoms with Crippen molar-refractivity contribution in [2.45, 2.75) is 51.7 Å². The standard InChI is InChI=1S/C12H22N2O5/c1-12(2,3)19-11(18)9(15)14-8(10(16)17)6-4-5-7-13/h8H,4-7,13H2,1-3H3,(H,14,15)(H,16,17). The van der Waals surface area contributed by atoms with E-state index < -0.39 is 29.5 Å². The number of amides is 1. The number of nitrogens with one attached hydrogen (secondary N) is 1. The number of rotatable bonds is 6. The number of esters is 1. The number of carbonyl (C=O) groups excluding carboxylic acids is 2. The third kappa shape index (κ3) is 8.15. The third-order valence-electron chi connectivity index (χ3n) is 2.13. The highest BCUT2D eigenvalue weighted by Crippen LogP contribution is 2.07. The fourth-order valence-corrected chi connectivity index (χ4v) is 1.29. The van der Waals surface area contributed by atoms with E-state index in [0.29, 0.717) is 19.4 Å². The Labute approximate surface area is 112 Å². The van der Waals surface area contributed by atoms with E-state index in [1.54, 1.807) is 20.8 Å². The van der Waals surface area contributed by atoms with Crippen LogP contribution in [0.2, 0.25) is 0 Å². The summed E-state index contributed by atoms with van der Waals surface area (Å²) in [5, 5.41) is 11.1. The molecule has 7 heteroatoms. The van der Waals surface area contributed by atoms with Gasteiger partial charge in [-0.1, -0.05) is 0 Å². The van der Waals surface area contributed by atoms with Gasteiger partial charge in [0.25, 0.3) is 0 Å². The van der Waals surface area contributed by atoms with Crippen LogP contribution in [0.5, 0.6) is 0 Å². The monoisotopic (exact) mass is 274 g/mol. The number of hydrogen-bond acceptors (Lipinski definition) is 5. The zero-order valence-corrected chi connectivity index (χ0v) is 11.6. The van der Waals surface area contributed by atoms with Crippen molar-refractivity contribution < 1.29 is 24.2 Å². The molecular formula is C12H22N2O5. The van der Waals surface area contributed by atoms with Gasteiger partial charge in [0.05, 0.1) is 0 Å². The van der Waals surface area contributed by atoms with Crippen LogP contribution in [0.3, 0.4) is 0 Å². The van der Waals surface area contributed by atoms with E-state index in [-0.39, 0.29) is 6.42 Å². The topological polar surface area (TPSA) is 119 Å². The molecule has 0 heterocycles. The molecule has 1 unspecified atom stereocenters. The summed E-state index contributed by atoms with van der Waals surface area (Å²) >= 11 is 0. The molecule has 0 spiro atoms. The molecule has 110 valence electrons. The van der Waals surface area contributed by atoms with Crippen molar-refractivity contribution >= 4 is 17.8 Å². The van der Waals surface area contributed by atoms with Crippen molar-refractivity contribution in [2.24, 2.45) is 5.73 Å². The van der Waals surface area contributed by atoms with Gasteiger partial charge in [-0.3, -0.25) is 4.79 Å². The molecule has 0 rings (SSSR count). The van der Waals surface area contributed by atoms with E-state index in [2.05, 4.69) is 5.32 Å². The molecule has 0 saturated heterocycles. The van der Waals surface area contributed by atoms with Gasteiger partial charge in [-0.2, -0.15) is 0 Å². The molecule has 1 atom stereocenters. The van der Waals surface area contributed by atoms with Crippen molar-refractivity contribution in [3.05, 3.63) is 0 Å². The van der Waals surface area contributed by atoms with Gasteiger partial charge >= 0.3 is 17.8 Å². The second-order valence-corrected chi connectivity index (χ2v) is 5.15. The number of carbonyl (C=O) groups is 3. The SMILES string of the molecule is CC(C)(C)OC(=O)C(=O)NC(CCCCN)C(=O)O. The first-order chi connectivity index (χ1) is 8.67. The number of hydrogen-bond donors (Lipinski definition) is 3. The maximum absolute atomic E-state index is 11.5. The third-order valence-corrected chi connectivity index (χ3v) is 2.13. The predicted molar refractivity (Wildman–Crippen MR) is 68.3 cm³/mol. The summed E-state index contributed by atoms with van der Waals surface area (Å²) in [5.74, 6) is -3.32. The normalized spacial score (nSPS) is 12.6. The second kappa shape index (κ2) is 7.73. The lowest BCUT2D eigenvalue weighted by Crippen LogP contribution is -2.45. The van der Waals surface area contributed by atoms with Gasteiger partial charge in [0.1, 0.15) is 11.6 Å². The zero-order valence-electron chi connectivity index (χ0n) is 11.6. The van der Waals surface area contributed by atoms with Crippen molar-refractivity contribution in [1.29, 1.82) is 0 Å². The average Bonchev–Trinajstić information content (AvgIpc) is 2.25. The fourth-order valence-electron chi connectivity index (χ4n) is 1.29. The molecule has 0 aromatic rings. The smallest absolute Gasteiger partial charge is 0.397 e. The molecule has 0 aliphatic heterocycles. The Bertz CT molecular complexity index is 336. The minimum Gasteiger partial charge on any atom is -0.480 e. The molecular weight excluding hydrogens is 252 g/mol. The lowest BCUT2D eigenvalue weighted by atomic mass is 10.1. The Kier molecular flexibility index (Phi) is 7.06. The number of aliphatic carboxylic acids is 1. The first-order valence-electron chi connectivity index (χ1n) is 6.14. The van der Waals surface area contributed by atoms with E-state index in [4.69, 9.17) is 15.6 Å². The van der Waals surface area contributed by atoms with Crippen LogP contribution in [0.4, 0.5) is 0 Å². The maximum atomic E-state index is 11.5. The van der Waals surface area contributed by atoms with Crippen molar-refractivity contribution in [2.75, 3.05) is 6.54 Å². The summed E-state index contributed by atoms with van der Waals surface area (Å²) in [6.07, 6.45) is 1.44. The highest BCUT2D eigenvalue weighted by molar-refractivity contribution is 6.33. The maximum Gasteiger partial charge on any atom is 0.397 e. The van der Waals surface area contributed by atoms with Crippen LogP contribution < -0.4 is 11.1 Å². The minimum absolute atomic E-state index is 0.223. The summed E-state index contributed by atoms with van der Waals surface area (Å²) in [7, 11) is 0. The van der Waals surface area contributed by atoms with Crippen molar-refractivity contribution in [1.82, 2.24) is 5.32 Å². The Morgan fingerprint density at radius 1 is 1.26 bits per heavy atom. The molecule has 19 heavy (non-hydrogen) atoms. The van der Waals surface area contributed by atoms with Gasteiger partial charge in [-0.25, -0.2) is 9.59 Å². The van der Waals surface area contributed by atoms with Gasteiger partial charge in [0.15, 0.2) is 0 Å². The minimum atomic E-state index is -1.19. The molecule has 7 nitrogen and oxygen atoms in total. The van der Waals surface area contributed by atoms with Crippen molar-refractivity contribution in [3.8, 4) is 0 Å². The highest BCUT2D eigenvalue weighted by Gasteiger charge is 2.27. The van der Waals surface area contributed by atoms with Crippen LogP contribution >= 0.6 is 0 Å². The number of nitrogens with two attached hydrogens (primary N) is 1. The Morgan fingerprint density at radius 2 is 1.84 bits per heavy atom. The molecule has 0 aromatic heterocycles. The molecule has 0 aromatic carbocycles. The van der Waals surface area contributed by atoms with Crippen LogP contribution in [-0.4, -0.2) is 41.1 Å². The van der Waals surface area contributed by atoms with Gasteiger partial charge in [-0.15, -0.1) is 0 Å². The number of carboxylic acids is 1. The van der Waals surface area contributed by atoms with E-state index in [9.17, 15) is 14.4 Å². The van der Waals surface area contributed by atoms with E-state index in [1.165, 1.54) is 0 Å². The lowest BCUT2D eigenvalue weighted by Gasteiger charge is -2.20. The van der Waals surface area contributed by atoms with Crippen LogP contribution in [0, 0.1) is 0 Å². The van der Waals surface area contributed by atoms with Gasteiger partial charge < -0.3 is 20.9 Å². The van der Waals surface area contributed by atoms with Crippen LogP contribution in [0.1, 0.15) is 40.0 Å². The number of ether oxygens (including phenoxy) is 1. The first kappa shape index (κ1) is 17.4. The summed E-state index contributed by atoms with van der Waals surface area (Å²) in [6, 6.07) is -1.11. The average molecular weight is 274 g/mol. The molecule has 0 aliphatic carbocycles. The van der Waals surface area contributed by atoms with Gasteiger partial charge in [0.2, 0.25) is 0 Å². The largest absolute Gasteiger partial charge is 0.480 e.